The Morgan fingerprint density at radius 1 is 1.02 bits per heavy atom. The third-order valence-electron chi connectivity index (χ3n) is 10.1. The van der Waals surface area contributed by atoms with Gasteiger partial charge in [0.25, 0.3) is 5.91 Å². The van der Waals surface area contributed by atoms with E-state index in [1.54, 1.807) is 4.90 Å². The largest absolute Gasteiger partial charge is 0.393 e. The van der Waals surface area contributed by atoms with Crippen molar-refractivity contribution in [3.8, 4) is 0 Å². The quantitative estimate of drug-likeness (QED) is 0.479. The molecule has 2 aromatic rings. The van der Waals surface area contributed by atoms with Crippen LogP contribution >= 0.6 is 0 Å². The Bertz CT molecular complexity index is 1400. The van der Waals surface area contributed by atoms with Gasteiger partial charge in [-0.1, -0.05) is 32.9 Å². The average molecular weight is 587 g/mol. The van der Waals surface area contributed by atoms with Gasteiger partial charge in [0.15, 0.2) is 5.78 Å². The van der Waals surface area contributed by atoms with Gasteiger partial charge in [-0.3, -0.25) is 14.6 Å². The van der Waals surface area contributed by atoms with Gasteiger partial charge in [-0.2, -0.15) is 0 Å². The first-order valence-electron chi connectivity index (χ1n) is 16.1. The first-order chi connectivity index (χ1) is 20.5. The normalized spacial score (nSPS) is 22.0. The molecular weight excluding hydrogens is 540 g/mol. The van der Waals surface area contributed by atoms with E-state index in [1.165, 1.54) is 11.3 Å². The lowest BCUT2D eigenvalue weighted by atomic mass is 9.71. The summed E-state index contributed by atoms with van der Waals surface area (Å²) in [6.45, 7) is 10.2. The number of fused-ring (bicyclic) bond motifs is 2. The predicted octanol–water partition coefficient (Wildman–Crippen LogP) is 4.27. The second kappa shape index (κ2) is 12.2. The van der Waals surface area contributed by atoms with Gasteiger partial charge in [-0.25, -0.2) is 4.99 Å². The molecule has 2 fully saturated rings. The molecule has 1 aliphatic carbocycles. The number of aliphatic hydroxyl groups is 2. The van der Waals surface area contributed by atoms with E-state index in [0.29, 0.717) is 43.1 Å². The first-order valence-corrected chi connectivity index (χ1v) is 16.1. The standard InChI is InChI=1S/C35H46N4O4/c1-35(2,3)26-7-8-29-25(16-26)17-30-31(36-29)19-32(37-30)33(42)18-23(9-12-38-13-10-27(40)11-14-38)22-5-4-6-24(15-22)34(43)39-20-28(41)21-39/h4-6,15,17,23,26-28,40-41H,7-14,16,18-21H2,1-3H3/t23-,26-/m0/s1. The SMILES string of the molecule is CC(C)(C)[C@H]1CCc2nc3c(cc2C1)N=C(C(=O)C[C@H](CCN1CCC(O)CC1)c1cccc(C(=O)N2CC(O)C2)c1)C3. The van der Waals surface area contributed by atoms with E-state index in [9.17, 15) is 19.8 Å². The zero-order chi connectivity index (χ0) is 30.3. The van der Waals surface area contributed by atoms with Crippen LogP contribution in [0.5, 0.6) is 0 Å². The summed E-state index contributed by atoms with van der Waals surface area (Å²) in [7, 11) is 0. The maximum atomic E-state index is 13.8. The molecule has 230 valence electrons. The lowest BCUT2D eigenvalue weighted by Crippen LogP contribution is -2.53. The molecule has 0 unspecified atom stereocenters. The van der Waals surface area contributed by atoms with Crippen LogP contribution in [0.1, 0.15) is 91.7 Å². The zero-order valence-electron chi connectivity index (χ0n) is 25.9. The van der Waals surface area contributed by atoms with Crippen LogP contribution in [0.4, 0.5) is 5.69 Å². The van der Waals surface area contributed by atoms with Crippen LogP contribution in [0.15, 0.2) is 35.3 Å². The van der Waals surface area contributed by atoms with Crippen LogP contribution in [-0.2, 0) is 24.1 Å². The number of amides is 1. The number of aryl methyl sites for hydroxylation is 1. The molecule has 0 spiro atoms. The molecule has 8 heteroatoms. The Labute approximate surface area is 255 Å². The molecule has 2 atom stereocenters. The third-order valence-corrected chi connectivity index (χ3v) is 10.1. The topological polar surface area (TPSA) is 106 Å². The molecule has 2 saturated heterocycles. The van der Waals surface area contributed by atoms with Gasteiger partial charge in [0.05, 0.1) is 29.3 Å². The van der Waals surface area contributed by atoms with Crippen molar-refractivity contribution in [3.05, 3.63) is 58.4 Å². The minimum absolute atomic E-state index is 0.0465. The minimum Gasteiger partial charge on any atom is -0.393 e. The van der Waals surface area contributed by atoms with E-state index in [-0.39, 0.29) is 29.1 Å². The van der Waals surface area contributed by atoms with E-state index in [0.717, 1.165) is 75.1 Å². The van der Waals surface area contributed by atoms with Crippen molar-refractivity contribution < 1.29 is 19.8 Å². The zero-order valence-corrected chi connectivity index (χ0v) is 25.9. The molecule has 1 amide bonds. The molecular formula is C35H46N4O4. The van der Waals surface area contributed by atoms with Crippen molar-refractivity contribution in [2.24, 2.45) is 16.3 Å². The fourth-order valence-corrected chi connectivity index (χ4v) is 7.10. The van der Waals surface area contributed by atoms with E-state index < -0.39 is 6.10 Å². The van der Waals surface area contributed by atoms with Crippen LogP contribution in [0.3, 0.4) is 0 Å². The van der Waals surface area contributed by atoms with Gasteiger partial charge in [-0.05, 0) is 91.6 Å². The Kier molecular flexibility index (Phi) is 8.55. The molecule has 1 aromatic heterocycles. The number of likely N-dealkylation sites (tertiary alicyclic amines) is 2. The Hall–Kier alpha value is -2.94. The van der Waals surface area contributed by atoms with Crippen LogP contribution in [-0.4, -0.2) is 87.3 Å². The van der Waals surface area contributed by atoms with Crippen LogP contribution < -0.4 is 0 Å². The van der Waals surface area contributed by atoms with E-state index in [2.05, 4.69) is 31.7 Å². The average Bonchev–Trinajstić information content (AvgIpc) is 3.39. The van der Waals surface area contributed by atoms with Gasteiger partial charge in [-0.15, -0.1) is 0 Å². The summed E-state index contributed by atoms with van der Waals surface area (Å²) in [5, 5.41) is 19.6. The summed E-state index contributed by atoms with van der Waals surface area (Å²) in [6.07, 6.45) is 5.61. The summed E-state index contributed by atoms with van der Waals surface area (Å²) in [5.74, 6) is 0.519. The highest BCUT2D eigenvalue weighted by Gasteiger charge is 2.33. The molecule has 0 radical (unpaired) electrons. The third kappa shape index (κ3) is 6.76. The van der Waals surface area contributed by atoms with E-state index in [1.807, 2.05) is 24.3 Å². The molecule has 43 heavy (non-hydrogen) atoms. The molecule has 6 rings (SSSR count). The van der Waals surface area contributed by atoms with Crippen molar-refractivity contribution in [1.29, 1.82) is 0 Å². The predicted molar refractivity (Wildman–Crippen MR) is 167 cm³/mol. The number of benzene rings is 1. The minimum atomic E-state index is -0.447. The molecule has 1 aromatic carbocycles. The molecule has 2 N–H and O–H groups in total. The number of β-amino-alcohol motifs (C(OH)–C–C–N with tert-alkyl or cyclic N) is 1. The molecule has 0 bridgehead atoms. The number of aliphatic imine (C=N–C) groups is 1. The Morgan fingerprint density at radius 2 is 1.79 bits per heavy atom. The lowest BCUT2D eigenvalue weighted by molar-refractivity contribution is -0.113. The first kappa shape index (κ1) is 30.1. The number of aromatic nitrogens is 1. The fraction of sp³-hybridized carbons (Fsp3) is 0.600. The summed E-state index contributed by atoms with van der Waals surface area (Å²) < 4.78 is 0. The van der Waals surface area contributed by atoms with Gasteiger partial charge in [0, 0.05) is 50.3 Å². The number of aliphatic hydroxyl groups excluding tert-OH is 2. The smallest absolute Gasteiger partial charge is 0.254 e. The molecule has 4 heterocycles. The second-order valence-electron chi connectivity index (χ2n) is 14.3. The number of piperidine rings is 1. The molecule has 4 aliphatic rings. The second-order valence-corrected chi connectivity index (χ2v) is 14.3. The number of Topliss-reactive ketones (excluding diaryl/α,β-unsaturated/α-hetero) is 1. The maximum absolute atomic E-state index is 13.8. The summed E-state index contributed by atoms with van der Waals surface area (Å²) in [6, 6.07) is 9.84. The maximum Gasteiger partial charge on any atom is 0.254 e. The highest BCUT2D eigenvalue weighted by atomic mass is 16.3. The van der Waals surface area contributed by atoms with Crippen molar-refractivity contribution >= 4 is 23.1 Å². The van der Waals surface area contributed by atoms with Gasteiger partial charge >= 0.3 is 0 Å². The number of hydrogen-bond donors (Lipinski definition) is 2. The number of ketones is 1. The van der Waals surface area contributed by atoms with E-state index >= 15 is 0 Å². The highest BCUT2D eigenvalue weighted by molar-refractivity contribution is 6.41. The van der Waals surface area contributed by atoms with Gasteiger partial charge in [0.2, 0.25) is 0 Å². The van der Waals surface area contributed by atoms with Crippen molar-refractivity contribution in [2.75, 3.05) is 32.7 Å². The number of nitrogens with zero attached hydrogens (tertiary/aromatic N) is 4. The lowest BCUT2D eigenvalue weighted by Gasteiger charge is -2.36. The van der Waals surface area contributed by atoms with E-state index in [4.69, 9.17) is 9.98 Å². The van der Waals surface area contributed by atoms with Gasteiger partial charge in [0.1, 0.15) is 0 Å². The van der Waals surface area contributed by atoms with Crippen molar-refractivity contribution in [2.45, 2.75) is 90.3 Å². The number of carbonyl (C=O) groups excluding carboxylic acids is 2. The summed E-state index contributed by atoms with van der Waals surface area (Å²) in [5.41, 5.74) is 6.64. The number of rotatable bonds is 8. The van der Waals surface area contributed by atoms with Crippen LogP contribution in [0, 0.1) is 11.3 Å². The van der Waals surface area contributed by atoms with Crippen LogP contribution in [0.2, 0.25) is 0 Å². The highest BCUT2D eigenvalue weighted by Crippen LogP contribution is 2.39. The van der Waals surface area contributed by atoms with Gasteiger partial charge < -0.3 is 20.0 Å². The van der Waals surface area contributed by atoms with Crippen molar-refractivity contribution in [1.82, 2.24) is 14.8 Å². The fourth-order valence-electron chi connectivity index (χ4n) is 7.10. The molecule has 0 saturated carbocycles. The molecule has 3 aliphatic heterocycles. The molecule has 8 nitrogen and oxygen atoms in total. The number of pyridine rings is 1. The Morgan fingerprint density at radius 3 is 2.51 bits per heavy atom. The number of hydrogen-bond acceptors (Lipinski definition) is 7. The number of carbonyl (C=O) groups is 2. The summed E-state index contributed by atoms with van der Waals surface area (Å²) >= 11 is 0. The summed E-state index contributed by atoms with van der Waals surface area (Å²) in [4.78, 5) is 40.7. The monoisotopic (exact) mass is 586 g/mol. The van der Waals surface area contributed by atoms with Crippen molar-refractivity contribution in [3.63, 3.8) is 0 Å². The Balaban J connectivity index is 1.18. The van der Waals surface area contributed by atoms with Crippen LogP contribution in [0.25, 0.3) is 0 Å².